The highest BCUT2D eigenvalue weighted by Gasteiger charge is 2.15. The first kappa shape index (κ1) is 16.8. The van der Waals surface area contributed by atoms with Crippen LogP contribution in [0, 0.1) is 0 Å². The zero-order chi connectivity index (χ0) is 15.1. The van der Waals surface area contributed by atoms with Crippen molar-refractivity contribution in [1.29, 1.82) is 0 Å². The second-order valence-electron chi connectivity index (χ2n) is 4.15. The van der Waals surface area contributed by atoms with Gasteiger partial charge in [-0.3, -0.25) is 4.79 Å². The fourth-order valence-electron chi connectivity index (χ4n) is 1.65. The van der Waals surface area contributed by atoms with Crippen LogP contribution < -0.4 is 14.8 Å². The summed E-state index contributed by atoms with van der Waals surface area (Å²) in [6, 6.07) is 3.34. The summed E-state index contributed by atoms with van der Waals surface area (Å²) in [5, 5.41) is 3.11. The number of hydrogen-bond acceptors (Lipinski definition) is 5. The number of hydrogen-bond donors (Lipinski definition) is 1. The van der Waals surface area contributed by atoms with E-state index in [4.69, 9.17) is 14.2 Å². The number of methoxy groups -OCH3 is 2. The van der Waals surface area contributed by atoms with Crippen molar-refractivity contribution in [2.24, 2.45) is 0 Å². The smallest absolute Gasteiger partial charge is 0.322 e. The third-order valence-electron chi connectivity index (χ3n) is 2.79. The molecule has 0 aromatic heterocycles. The molecule has 0 fully saturated rings. The van der Waals surface area contributed by atoms with Crippen molar-refractivity contribution in [2.45, 2.75) is 26.4 Å². The molecule has 1 atom stereocenters. The van der Waals surface area contributed by atoms with Gasteiger partial charge >= 0.3 is 5.97 Å². The SMILES string of the molecule is CCOC(=O)C(C)NCc1cc(OC)c(OC)cc1Br. The van der Waals surface area contributed by atoms with E-state index in [0.29, 0.717) is 24.7 Å². The molecule has 112 valence electrons. The van der Waals surface area contributed by atoms with Crippen LogP contribution in [0.4, 0.5) is 0 Å². The molecule has 1 aromatic rings. The summed E-state index contributed by atoms with van der Waals surface area (Å²) in [6.45, 7) is 4.45. The van der Waals surface area contributed by atoms with Crippen LogP contribution >= 0.6 is 15.9 Å². The molecule has 1 N–H and O–H groups in total. The van der Waals surface area contributed by atoms with Crippen LogP contribution in [0.2, 0.25) is 0 Å². The van der Waals surface area contributed by atoms with E-state index in [1.165, 1.54) is 0 Å². The van der Waals surface area contributed by atoms with E-state index < -0.39 is 0 Å². The molecule has 0 aliphatic heterocycles. The van der Waals surface area contributed by atoms with Crippen molar-refractivity contribution in [1.82, 2.24) is 5.32 Å². The second-order valence-corrected chi connectivity index (χ2v) is 5.01. The Balaban J connectivity index is 2.75. The molecule has 20 heavy (non-hydrogen) atoms. The van der Waals surface area contributed by atoms with Gasteiger partial charge in [-0.1, -0.05) is 15.9 Å². The lowest BCUT2D eigenvalue weighted by Gasteiger charge is -2.15. The number of carbonyl (C=O) groups is 1. The number of esters is 1. The average Bonchev–Trinajstić information content (AvgIpc) is 2.45. The lowest BCUT2D eigenvalue weighted by Crippen LogP contribution is -2.35. The van der Waals surface area contributed by atoms with Gasteiger partial charge in [0.15, 0.2) is 11.5 Å². The maximum Gasteiger partial charge on any atom is 0.322 e. The highest BCUT2D eigenvalue weighted by molar-refractivity contribution is 9.10. The quantitative estimate of drug-likeness (QED) is 0.769. The van der Waals surface area contributed by atoms with Crippen LogP contribution in [0.5, 0.6) is 11.5 Å². The van der Waals surface area contributed by atoms with Gasteiger partial charge in [-0.05, 0) is 31.5 Å². The zero-order valence-corrected chi connectivity index (χ0v) is 13.7. The molecule has 0 aliphatic rings. The Labute approximate surface area is 127 Å². The topological polar surface area (TPSA) is 56.8 Å². The Kier molecular flexibility index (Phi) is 6.81. The zero-order valence-electron chi connectivity index (χ0n) is 12.2. The fourth-order valence-corrected chi connectivity index (χ4v) is 2.11. The van der Waals surface area contributed by atoms with Gasteiger partial charge < -0.3 is 19.5 Å². The summed E-state index contributed by atoms with van der Waals surface area (Å²) in [5.74, 6) is 1.04. The van der Waals surface area contributed by atoms with Crippen LogP contribution in [0.1, 0.15) is 19.4 Å². The summed E-state index contributed by atoms with van der Waals surface area (Å²) in [4.78, 5) is 11.5. The van der Waals surface area contributed by atoms with E-state index in [1.54, 1.807) is 28.1 Å². The van der Waals surface area contributed by atoms with Crippen molar-refractivity contribution >= 4 is 21.9 Å². The summed E-state index contributed by atoms with van der Waals surface area (Å²) >= 11 is 3.48. The minimum Gasteiger partial charge on any atom is -0.493 e. The van der Waals surface area contributed by atoms with Crippen molar-refractivity contribution in [3.63, 3.8) is 0 Å². The van der Waals surface area contributed by atoms with Gasteiger partial charge in [-0.25, -0.2) is 0 Å². The first-order valence-corrected chi connectivity index (χ1v) is 7.13. The minimum atomic E-state index is -0.366. The number of benzene rings is 1. The Morgan fingerprint density at radius 2 is 1.90 bits per heavy atom. The fraction of sp³-hybridized carbons (Fsp3) is 0.500. The molecular weight excluding hydrogens is 326 g/mol. The van der Waals surface area contributed by atoms with E-state index in [1.807, 2.05) is 12.1 Å². The molecule has 0 saturated carbocycles. The van der Waals surface area contributed by atoms with E-state index >= 15 is 0 Å². The molecule has 0 amide bonds. The van der Waals surface area contributed by atoms with Gasteiger partial charge in [0.2, 0.25) is 0 Å². The highest BCUT2D eigenvalue weighted by Crippen LogP contribution is 2.33. The van der Waals surface area contributed by atoms with Crippen LogP contribution in [0.15, 0.2) is 16.6 Å². The van der Waals surface area contributed by atoms with Gasteiger partial charge in [0.1, 0.15) is 6.04 Å². The highest BCUT2D eigenvalue weighted by atomic mass is 79.9. The molecule has 5 nitrogen and oxygen atoms in total. The Morgan fingerprint density at radius 3 is 2.45 bits per heavy atom. The molecule has 0 spiro atoms. The Morgan fingerprint density at radius 1 is 1.30 bits per heavy atom. The Bertz CT molecular complexity index is 465. The molecular formula is C14H20BrNO4. The van der Waals surface area contributed by atoms with E-state index in [9.17, 15) is 4.79 Å². The summed E-state index contributed by atoms with van der Waals surface area (Å²) < 4.78 is 16.3. The van der Waals surface area contributed by atoms with Crippen molar-refractivity contribution in [3.8, 4) is 11.5 Å². The predicted molar refractivity (Wildman–Crippen MR) is 80.2 cm³/mol. The van der Waals surface area contributed by atoms with Crippen molar-refractivity contribution in [3.05, 3.63) is 22.2 Å². The van der Waals surface area contributed by atoms with Crippen molar-refractivity contribution < 1.29 is 19.0 Å². The van der Waals surface area contributed by atoms with Crippen LogP contribution in [-0.2, 0) is 16.1 Å². The average molecular weight is 346 g/mol. The molecule has 0 radical (unpaired) electrons. The maximum atomic E-state index is 11.5. The Hall–Kier alpha value is -1.27. The van der Waals surface area contributed by atoms with Crippen LogP contribution in [-0.4, -0.2) is 32.8 Å². The summed E-state index contributed by atoms with van der Waals surface area (Å²) in [6.07, 6.45) is 0. The van der Waals surface area contributed by atoms with Crippen LogP contribution in [0.25, 0.3) is 0 Å². The van der Waals surface area contributed by atoms with Gasteiger partial charge in [-0.15, -0.1) is 0 Å². The van der Waals surface area contributed by atoms with Gasteiger partial charge in [0.25, 0.3) is 0 Å². The minimum absolute atomic E-state index is 0.260. The van der Waals surface area contributed by atoms with E-state index in [0.717, 1.165) is 10.0 Å². The summed E-state index contributed by atoms with van der Waals surface area (Å²) in [7, 11) is 3.18. The third kappa shape index (κ3) is 4.38. The monoisotopic (exact) mass is 345 g/mol. The van der Waals surface area contributed by atoms with E-state index in [2.05, 4.69) is 21.2 Å². The molecule has 6 heteroatoms. The lowest BCUT2D eigenvalue weighted by molar-refractivity contribution is -0.145. The predicted octanol–water partition coefficient (Wildman–Crippen LogP) is 2.51. The van der Waals surface area contributed by atoms with Crippen LogP contribution in [0.3, 0.4) is 0 Å². The maximum absolute atomic E-state index is 11.5. The molecule has 0 bridgehead atoms. The molecule has 0 saturated heterocycles. The van der Waals surface area contributed by atoms with Crippen molar-refractivity contribution in [2.75, 3.05) is 20.8 Å². The van der Waals surface area contributed by atoms with Gasteiger partial charge in [-0.2, -0.15) is 0 Å². The van der Waals surface area contributed by atoms with Gasteiger partial charge in [0.05, 0.1) is 20.8 Å². The standard InChI is InChI=1S/C14H20BrNO4/c1-5-20-14(17)9(2)16-8-10-6-12(18-3)13(19-4)7-11(10)15/h6-7,9,16H,5,8H2,1-4H3. The lowest BCUT2D eigenvalue weighted by atomic mass is 10.2. The number of nitrogens with one attached hydrogen (secondary N) is 1. The molecule has 0 aliphatic carbocycles. The number of halogens is 1. The number of carbonyl (C=O) groups excluding carboxylic acids is 1. The molecule has 1 unspecified atom stereocenters. The third-order valence-corrected chi connectivity index (χ3v) is 3.53. The first-order valence-electron chi connectivity index (χ1n) is 6.33. The molecule has 0 heterocycles. The molecule has 1 rings (SSSR count). The second kappa shape index (κ2) is 8.11. The first-order chi connectivity index (χ1) is 9.53. The largest absolute Gasteiger partial charge is 0.493 e. The number of rotatable bonds is 7. The number of ether oxygens (including phenoxy) is 3. The summed E-state index contributed by atoms with van der Waals surface area (Å²) in [5.41, 5.74) is 0.971. The van der Waals surface area contributed by atoms with E-state index in [-0.39, 0.29) is 12.0 Å². The molecule has 1 aromatic carbocycles. The van der Waals surface area contributed by atoms with Gasteiger partial charge in [0, 0.05) is 11.0 Å². The normalized spacial score (nSPS) is 11.8.